The summed E-state index contributed by atoms with van der Waals surface area (Å²) in [5.41, 5.74) is -0.0714. The molecule has 0 radical (unpaired) electrons. The normalized spacial score (nSPS) is 17.2. The summed E-state index contributed by atoms with van der Waals surface area (Å²) in [6, 6.07) is 3.66. The molecule has 0 amide bonds. The van der Waals surface area contributed by atoms with Crippen molar-refractivity contribution in [3.8, 4) is 0 Å². The summed E-state index contributed by atoms with van der Waals surface area (Å²) in [5, 5.41) is 8.97. The first kappa shape index (κ1) is 16.3. The summed E-state index contributed by atoms with van der Waals surface area (Å²) in [6.45, 7) is 2.41. The minimum absolute atomic E-state index is 0.0201. The number of carboxylic acids is 1. The van der Waals surface area contributed by atoms with Crippen molar-refractivity contribution in [2.24, 2.45) is 5.41 Å². The summed E-state index contributed by atoms with van der Waals surface area (Å²) in [4.78, 5) is 10.8. The number of sulfonamides is 1. The van der Waals surface area contributed by atoms with E-state index in [1.807, 2.05) is 6.92 Å². The van der Waals surface area contributed by atoms with Gasteiger partial charge in [-0.25, -0.2) is 17.9 Å². The number of rotatable bonds is 6. The zero-order valence-electron chi connectivity index (χ0n) is 11.7. The molecular weight excluding hydrogens is 314 g/mol. The van der Waals surface area contributed by atoms with Crippen LogP contribution in [0.2, 0.25) is 5.02 Å². The highest BCUT2D eigenvalue weighted by atomic mass is 35.5. The minimum atomic E-state index is -3.81. The summed E-state index contributed by atoms with van der Waals surface area (Å²) in [7, 11) is -3.81. The summed E-state index contributed by atoms with van der Waals surface area (Å²) < 4.78 is 27.3. The zero-order valence-corrected chi connectivity index (χ0v) is 13.3. The predicted octanol–water partition coefficient (Wildman–Crippen LogP) is 2.90. The molecule has 0 spiro atoms. The first-order chi connectivity index (χ1) is 9.80. The molecule has 0 unspecified atom stereocenters. The predicted molar refractivity (Wildman–Crippen MR) is 80.2 cm³/mol. The lowest BCUT2D eigenvalue weighted by molar-refractivity contribution is 0.0696. The highest BCUT2D eigenvalue weighted by Gasteiger charge is 2.36. The quantitative estimate of drug-likeness (QED) is 0.839. The zero-order chi connectivity index (χ0) is 15.7. The summed E-state index contributed by atoms with van der Waals surface area (Å²) in [5.74, 6) is -1.19. The van der Waals surface area contributed by atoms with Crippen LogP contribution in [0.1, 0.15) is 43.0 Å². The Balaban J connectivity index is 2.23. The van der Waals surface area contributed by atoms with Crippen LogP contribution in [-0.2, 0) is 10.0 Å². The van der Waals surface area contributed by atoms with E-state index in [4.69, 9.17) is 16.7 Å². The SMILES string of the molecule is CCC1(CNS(=O)(=O)c2cc(C(=O)O)ccc2Cl)CCC1. The molecule has 0 bridgehead atoms. The molecule has 1 aromatic carbocycles. The van der Waals surface area contributed by atoms with Gasteiger partial charge in [-0.05, 0) is 42.9 Å². The maximum Gasteiger partial charge on any atom is 0.335 e. The highest BCUT2D eigenvalue weighted by molar-refractivity contribution is 7.89. The second-order valence-electron chi connectivity index (χ2n) is 5.48. The van der Waals surface area contributed by atoms with Gasteiger partial charge in [0.05, 0.1) is 10.6 Å². The third-order valence-corrected chi connectivity index (χ3v) is 6.15. The Hall–Kier alpha value is -1.11. The van der Waals surface area contributed by atoms with Gasteiger partial charge in [-0.15, -0.1) is 0 Å². The number of benzene rings is 1. The van der Waals surface area contributed by atoms with Gasteiger partial charge in [0.25, 0.3) is 0 Å². The lowest BCUT2D eigenvalue weighted by Crippen LogP contribution is -2.41. The summed E-state index contributed by atoms with van der Waals surface area (Å²) in [6.07, 6.45) is 4.05. The van der Waals surface area contributed by atoms with Crippen LogP contribution in [0.25, 0.3) is 0 Å². The molecule has 0 saturated heterocycles. The molecule has 0 atom stereocenters. The van der Waals surface area contributed by atoms with E-state index in [0.717, 1.165) is 31.7 Å². The molecular formula is C14H18ClNO4S. The van der Waals surface area contributed by atoms with Gasteiger partial charge in [0.1, 0.15) is 4.90 Å². The fourth-order valence-electron chi connectivity index (χ4n) is 2.50. The Morgan fingerprint density at radius 2 is 2.10 bits per heavy atom. The fraction of sp³-hybridized carbons (Fsp3) is 0.500. The Morgan fingerprint density at radius 1 is 1.43 bits per heavy atom. The Kier molecular flexibility index (Phi) is 4.60. The molecule has 1 aromatic rings. The van der Waals surface area contributed by atoms with Crippen LogP contribution in [-0.4, -0.2) is 26.0 Å². The van der Waals surface area contributed by atoms with Crippen molar-refractivity contribution in [2.45, 2.75) is 37.5 Å². The molecule has 0 aromatic heterocycles. The standard InChI is InChI=1S/C14H18ClNO4S/c1-2-14(6-3-7-14)9-16-21(19,20)12-8-10(13(17)18)4-5-11(12)15/h4-5,8,16H,2-3,6-7,9H2,1H3,(H,17,18). The van der Waals surface area contributed by atoms with Crippen molar-refractivity contribution < 1.29 is 18.3 Å². The maximum atomic E-state index is 12.3. The van der Waals surface area contributed by atoms with Gasteiger partial charge in [-0.1, -0.05) is 24.9 Å². The fourth-order valence-corrected chi connectivity index (χ4v) is 4.18. The van der Waals surface area contributed by atoms with Crippen molar-refractivity contribution in [1.82, 2.24) is 4.72 Å². The van der Waals surface area contributed by atoms with E-state index < -0.39 is 16.0 Å². The number of hydrogen-bond acceptors (Lipinski definition) is 3. The molecule has 21 heavy (non-hydrogen) atoms. The first-order valence-corrected chi connectivity index (χ1v) is 8.68. The largest absolute Gasteiger partial charge is 0.478 e. The number of halogens is 1. The third kappa shape index (κ3) is 3.39. The molecule has 2 rings (SSSR count). The topological polar surface area (TPSA) is 83.5 Å². The second kappa shape index (κ2) is 5.94. The van der Waals surface area contributed by atoms with Crippen molar-refractivity contribution in [1.29, 1.82) is 0 Å². The van der Waals surface area contributed by atoms with Crippen molar-refractivity contribution in [2.75, 3.05) is 6.54 Å². The van der Waals surface area contributed by atoms with E-state index in [2.05, 4.69) is 4.72 Å². The number of nitrogens with one attached hydrogen (secondary N) is 1. The average molecular weight is 332 g/mol. The lowest BCUT2D eigenvalue weighted by atomic mass is 9.67. The Morgan fingerprint density at radius 3 is 2.57 bits per heavy atom. The van der Waals surface area contributed by atoms with Gasteiger partial charge in [0.15, 0.2) is 0 Å². The number of carbonyl (C=O) groups is 1. The van der Waals surface area contributed by atoms with Gasteiger partial charge >= 0.3 is 5.97 Å². The summed E-state index contributed by atoms with van der Waals surface area (Å²) >= 11 is 5.91. The minimum Gasteiger partial charge on any atom is -0.478 e. The van der Waals surface area contributed by atoms with Gasteiger partial charge in [-0.3, -0.25) is 0 Å². The van der Waals surface area contributed by atoms with Crippen LogP contribution in [0.5, 0.6) is 0 Å². The van der Waals surface area contributed by atoms with Crippen molar-refractivity contribution in [3.63, 3.8) is 0 Å². The molecule has 2 N–H and O–H groups in total. The van der Waals surface area contributed by atoms with E-state index in [9.17, 15) is 13.2 Å². The number of aromatic carboxylic acids is 1. The Labute approximate surface area is 129 Å². The van der Waals surface area contributed by atoms with Crippen molar-refractivity contribution >= 4 is 27.6 Å². The molecule has 1 aliphatic carbocycles. The van der Waals surface area contributed by atoms with E-state index in [1.54, 1.807) is 0 Å². The van der Waals surface area contributed by atoms with Gasteiger partial charge in [0.2, 0.25) is 10.0 Å². The van der Waals surface area contributed by atoms with Crippen LogP contribution < -0.4 is 4.72 Å². The molecule has 116 valence electrons. The molecule has 0 aliphatic heterocycles. The second-order valence-corrected chi connectivity index (χ2v) is 7.62. The van der Waals surface area contributed by atoms with E-state index in [0.29, 0.717) is 6.54 Å². The molecule has 1 aliphatic rings. The molecule has 5 nitrogen and oxygen atoms in total. The Bertz CT molecular complexity index is 647. The maximum absolute atomic E-state index is 12.3. The number of carboxylic acid groups (broad SMARTS) is 1. The monoisotopic (exact) mass is 331 g/mol. The van der Waals surface area contributed by atoms with Gasteiger partial charge < -0.3 is 5.11 Å². The van der Waals surface area contributed by atoms with E-state index in [-0.39, 0.29) is 20.9 Å². The molecule has 7 heteroatoms. The highest BCUT2D eigenvalue weighted by Crippen LogP contribution is 2.43. The first-order valence-electron chi connectivity index (χ1n) is 6.82. The van der Waals surface area contributed by atoms with Crippen LogP contribution in [0.4, 0.5) is 0 Å². The van der Waals surface area contributed by atoms with Gasteiger partial charge in [-0.2, -0.15) is 0 Å². The van der Waals surface area contributed by atoms with Crippen LogP contribution in [0.3, 0.4) is 0 Å². The van der Waals surface area contributed by atoms with E-state index >= 15 is 0 Å². The van der Waals surface area contributed by atoms with Gasteiger partial charge in [0, 0.05) is 6.54 Å². The van der Waals surface area contributed by atoms with E-state index in [1.165, 1.54) is 12.1 Å². The van der Waals surface area contributed by atoms with Crippen LogP contribution >= 0.6 is 11.6 Å². The molecule has 1 saturated carbocycles. The molecule has 0 heterocycles. The van der Waals surface area contributed by atoms with Crippen LogP contribution in [0.15, 0.2) is 23.1 Å². The van der Waals surface area contributed by atoms with Crippen molar-refractivity contribution in [3.05, 3.63) is 28.8 Å². The number of hydrogen-bond donors (Lipinski definition) is 2. The van der Waals surface area contributed by atoms with Crippen LogP contribution in [0, 0.1) is 5.41 Å². The lowest BCUT2D eigenvalue weighted by Gasteiger charge is -2.41. The average Bonchev–Trinajstić information content (AvgIpc) is 2.38. The molecule has 1 fully saturated rings. The smallest absolute Gasteiger partial charge is 0.335 e. The third-order valence-electron chi connectivity index (χ3n) is 4.27.